The first-order chi connectivity index (χ1) is 11.3. The first-order valence-electron chi connectivity index (χ1n) is 8.21. The van der Waals surface area contributed by atoms with E-state index in [-0.39, 0.29) is 22.9 Å². The lowest BCUT2D eigenvalue weighted by Gasteiger charge is -2.27. The van der Waals surface area contributed by atoms with Gasteiger partial charge < -0.3 is 9.88 Å². The molecule has 5 heteroatoms. The molecule has 0 fully saturated rings. The molecule has 0 aromatic carbocycles. The van der Waals surface area contributed by atoms with Gasteiger partial charge in [0.15, 0.2) is 0 Å². The molecule has 0 saturated heterocycles. The van der Waals surface area contributed by atoms with E-state index in [2.05, 4.69) is 31.1 Å². The quantitative estimate of drug-likeness (QED) is 0.917. The van der Waals surface area contributed by atoms with Crippen molar-refractivity contribution in [2.75, 3.05) is 0 Å². The number of hydrogen-bond acceptors (Lipinski definition) is 3. The fraction of sp³-hybridized carbons (Fsp3) is 0.421. The van der Waals surface area contributed by atoms with Gasteiger partial charge in [-0.15, -0.1) is 0 Å². The van der Waals surface area contributed by atoms with E-state index in [0.29, 0.717) is 12.1 Å². The van der Waals surface area contributed by atoms with Crippen molar-refractivity contribution in [3.63, 3.8) is 0 Å². The summed E-state index contributed by atoms with van der Waals surface area (Å²) in [6.45, 7) is 8.87. The van der Waals surface area contributed by atoms with Crippen molar-refractivity contribution >= 4 is 5.91 Å². The van der Waals surface area contributed by atoms with Crippen molar-refractivity contribution < 1.29 is 4.79 Å². The molecule has 2 aromatic heterocycles. The van der Waals surface area contributed by atoms with E-state index >= 15 is 0 Å². The van der Waals surface area contributed by atoms with Crippen LogP contribution in [0, 0.1) is 5.41 Å². The van der Waals surface area contributed by atoms with Crippen molar-refractivity contribution in [3.05, 3.63) is 64.3 Å². The Balaban J connectivity index is 2.24. The van der Waals surface area contributed by atoms with Crippen molar-refractivity contribution in [2.24, 2.45) is 5.41 Å². The smallest absolute Gasteiger partial charge is 0.252 e. The van der Waals surface area contributed by atoms with E-state index in [4.69, 9.17) is 0 Å². The lowest BCUT2D eigenvalue weighted by Crippen LogP contribution is -2.32. The maximum atomic E-state index is 12.6. The Bertz CT molecular complexity index is 745. The van der Waals surface area contributed by atoms with E-state index in [0.717, 1.165) is 12.0 Å². The number of carbonyl (C=O) groups is 1. The average Bonchev–Trinajstić information content (AvgIpc) is 2.53. The summed E-state index contributed by atoms with van der Waals surface area (Å²) in [5, 5.41) is 3.04. The van der Waals surface area contributed by atoms with Crippen LogP contribution >= 0.6 is 0 Å². The second kappa shape index (κ2) is 7.43. The lowest BCUT2D eigenvalue weighted by atomic mass is 9.85. The SMILES string of the molecule is CCn1ccc(C(=O)NC(CC(C)(C)C)c2cccnc2)cc1=O. The number of carbonyl (C=O) groups excluding carboxylic acids is 1. The third-order valence-electron chi connectivity index (χ3n) is 3.81. The van der Waals surface area contributed by atoms with Gasteiger partial charge in [0.2, 0.25) is 0 Å². The van der Waals surface area contributed by atoms with Crippen LogP contribution in [0.15, 0.2) is 47.7 Å². The van der Waals surface area contributed by atoms with Gasteiger partial charge in [0.25, 0.3) is 11.5 Å². The predicted octanol–water partition coefficient (Wildman–Crippen LogP) is 3.17. The van der Waals surface area contributed by atoms with Crippen LogP contribution in [0.4, 0.5) is 0 Å². The number of rotatable bonds is 5. The zero-order valence-electron chi connectivity index (χ0n) is 14.7. The highest BCUT2D eigenvalue weighted by molar-refractivity contribution is 5.94. The molecule has 0 saturated carbocycles. The normalized spacial score (nSPS) is 12.7. The maximum Gasteiger partial charge on any atom is 0.252 e. The van der Waals surface area contributed by atoms with Crippen molar-refractivity contribution in [3.8, 4) is 0 Å². The molecule has 2 heterocycles. The fourth-order valence-electron chi connectivity index (χ4n) is 2.60. The van der Waals surface area contributed by atoms with E-state index in [1.807, 2.05) is 19.1 Å². The molecule has 5 nitrogen and oxygen atoms in total. The number of hydrogen-bond donors (Lipinski definition) is 1. The first kappa shape index (κ1) is 17.9. The Kier molecular flexibility index (Phi) is 5.54. The minimum Gasteiger partial charge on any atom is -0.345 e. The zero-order chi connectivity index (χ0) is 17.7. The van der Waals surface area contributed by atoms with E-state index in [9.17, 15) is 9.59 Å². The molecule has 128 valence electrons. The summed E-state index contributed by atoms with van der Waals surface area (Å²) >= 11 is 0. The van der Waals surface area contributed by atoms with E-state index in [1.54, 1.807) is 29.2 Å². The van der Waals surface area contributed by atoms with Gasteiger partial charge in [-0.3, -0.25) is 14.6 Å². The van der Waals surface area contributed by atoms with Gasteiger partial charge >= 0.3 is 0 Å². The number of aromatic nitrogens is 2. The van der Waals surface area contributed by atoms with E-state index < -0.39 is 0 Å². The van der Waals surface area contributed by atoms with Crippen molar-refractivity contribution in [2.45, 2.75) is 46.7 Å². The Morgan fingerprint density at radius 1 is 1.33 bits per heavy atom. The summed E-state index contributed by atoms with van der Waals surface area (Å²) in [4.78, 5) is 28.7. The van der Waals surface area contributed by atoms with Gasteiger partial charge in [0, 0.05) is 36.8 Å². The van der Waals surface area contributed by atoms with Crippen LogP contribution in [-0.2, 0) is 6.54 Å². The summed E-state index contributed by atoms with van der Waals surface area (Å²) in [7, 11) is 0. The zero-order valence-corrected chi connectivity index (χ0v) is 14.7. The molecule has 24 heavy (non-hydrogen) atoms. The van der Waals surface area contributed by atoms with Crippen LogP contribution < -0.4 is 10.9 Å². The molecule has 1 N–H and O–H groups in total. The van der Waals surface area contributed by atoms with Crippen LogP contribution in [-0.4, -0.2) is 15.5 Å². The third-order valence-corrected chi connectivity index (χ3v) is 3.81. The minimum absolute atomic E-state index is 0.0411. The topological polar surface area (TPSA) is 64.0 Å². The second-order valence-electron chi connectivity index (χ2n) is 7.12. The van der Waals surface area contributed by atoms with Gasteiger partial charge in [-0.2, -0.15) is 0 Å². The van der Waals surface area contributed by atoms with Crippen LogP contribution in [0.2, 0.25) is 0 Å². The van der Waals surface area contributed by atoms with Crippen LogP contribution in [0.5, 0.6) is 0 Å². The molecule has 2 aromatic rings. The molecular formula is C19H25N3O2. The Hall–Kier alpha value is -2.43. The number of aryl methyl sites for hydroxylation is 1. The molecule has 0 radical (unpaired) electrons. The molecule has 1 atom stereocenters. The summed E-state index contributed by atoms with van der Waals surface area (Å²) in [6, 6.07) is 6.73. The Labute approximate surface area is 142 Å². The van der Waals surface area contributed by atoms with E-state index in [1.165, 1.54) is 6.07 Å². The highest BCUT2D eigenvalue weighted by Gasteiger charge is 2.22. The van der Waals surface area contributed by atoms with Gasteiger partial charge in [-0.25, -0.2) is 0 Å². The van der Waals surface area contributed by atoms with Crippen LogP contribution in [0.25, 0.3) is 0 Å². The van der Waals surface area contributed by atoms with Crippen molar-refractivity contribution in [1.82, 2.24) is 14.9 Å². The van der Waals surface area contributed by atoms with Crippen molar-refractivity contribution in [1.29, 1.82) is 0 Å². The monoisotopic (exact) mass is 327 g/mol. The number of nitrogens with zero attached hydrogens (tertiary/aromatic N) is 2. The molecule has 0 aliphatic rings. The Morgan fingerprint density at radius 2 is 2.08 bits per heavy atom. The van der Waals surface area contributed by atoms with Gasteiger partial charge in [-0.1, -0.05) is 26.8 Å². The van der Waals surface area contributed by atoms with Gasteiger partial charge in [0.05, 0.1) is 6.04 Å². The maximum absolute atomic E-state index is 12.6. The predicted molar refractivity (Wildman–Crippen MR) is 94.9 cm³/mol. The minimum atomic E-state index is -0.242. The Morgan fingerprint density at radius 3 is 2.62 bits per heavy atom. The third kappa shape index (κ3) is 4.78. The summed E-state index contributed by atoms with van der Waals surface area (Å²) in [5.41, 5.74) is 1.22. The van der Waals surface area contributed by atoms with Gasteiger partial charge in [0.1, 0.15) is 0 Å². The molecule has 2 rings (SSSR count). The van der Waals surface area contributed by atoms with Gasteiger partial charge in [-0.05, 0) is 36.5 Å². The molecule has 1 unspecified atom stereocenters. The summed E-state index contributed by atoms with van der Waals surface area (Å²) in [5.74, 6) is -0.242. The average molecular weight is 327 g/mol. The lowest BCUT2D eigenvalue weighted by molar-refractivity contribution is 0.0926. The van der Waals surface area contributed by atoms with Crippen LogP contribution in [0.3, 0.4) is 0 Å². The first-order valence-corrected chi connectivity index (χ1v) is 8.21. The fourth-order valence-corrected chi connectivity index (χ4v) is 2.60. The largest absolute Gasteiger partial charge is 0.345 e. The van der Waals surface area contributed by atoms with Crippen LogP contribution in [0.1, 0.15) is 56.1 Å². The molecular weight excluding hydrogens is 302 g/mol. The highest BCUT2D eigenvalue weighted by atomic mass is 16.2. The second-order valence-corrected chi connectivity index (χ2v) is 7.12. The standard InChI is InChI=1S/C19H25N3O2/c1-5-22-10-8-14(11-17(22)23)18(24)21-16(12-19(2,3)4)15-7-6-9-20-13-15/h6-11,13,16H,5,12H2,1-4H3,(H,21,24). The number of pyridine rings is 2. The summed E-state index contributed by atoms with van der Waals surface area (Å²) in [6.07, 6.45) is 5.91. The number of amides is 1. The molecule has 0 bridgehead atoms. The molecule has 1 amide bonds. The highest BCUT2D eigenvalue weighted by Crippen LogP contribution is 2.29. The number of nitrogens with one attached hydrogen (secondary N) is 1. The molecule has 0 aliphatic carbocycles. The molecule has 0 spiro atoms. The molecule has 0 aliphatic heterocycles. The summed E-state index contributed by atoms with van der Waals surface area (Å²) < 4.78 is 1.56.